The van der Waals surface area contributed by atoms with Crippen LogP contribution in [0.25, 0.3) is 0 Å². The lowest BCUT2D eigenvalue weighted by Gasteiger charge is -2.43. The van der Waals surface area contributed by atoms with Crippen LogP contribution in [0.4, 0.5) is 0 Å². The molecule has 0 saturated carbocycles. The van der Waals surface area contributed by atoms with Gasteiger partial charge in [-0.15, -0.1) is 0 Å². The summed E-state index contributed by atoms with van der Waals surface area (Å²) in [6.45, 7) is 5.69. The minimum absolute atomic E-state index is 0.167. The summed E-state index contributed by atoms with van der Waals surface area (Å²) in [5, 5.41) is 67.3. The normalized spacial score (nSPS) is 33.1. The molecule has 0 aromatic rings. The highest BCUT2D eigenvalue weighted by molar-refractivity contribution is 5.02. The molecule has 1 rings (SSSR count). The van der Waals surface area contributed by atoms with Gasteiger partial charge in [-0.1, -0.05) is 6.58 Å². The Labute approximate surface area is 146 Å². The van der Waals surface area contributed by atoms with Gasteiger partial charge in [0.1, 0.15) is 24.4 Å². The first-order valence-electron chi connectivity index (χ1n) is 8.18. The first-order valence-corrected chi connectivity index (χ1v) is 8.18. The lowest BCUT2D eigenvalue weighted by atomic mass is 9.93. The smallest absolute Gasteiger partial charge is 0.187 e. The second kappa shape index (κ2) is 9.36. The van der Waals surface area contributed by atoms with Crippen LogP contribution in [0.5, 0.6) is 0 Å². The van der Waals surface area contributed by atoms with Crippen molar-refractivity contribution in [2.75, 3.05) is 13.2 Å². The molecule has 148 valence electrons. The molecular formula is C16H30O9. The van der Waals surface area contributed by atoms with Gasteiger partial charge in [0, 0.05) is 0 Å². The van der Waals surface area contributed by atoms with Crippen molar-refractivity contribution in [3.63, 3.8) is 0 Å². The van der Waals surface area contributed by atoms with E-state index in [1.54, 1.807) is 13.8 Å². The average molecular weight is 366 g/mol. The molecule has 1 aliphatic rings. The zero-order valence-electron chi connectivity index (χ0n) is 14.5. The molecule has 0 amide bonds. The topological polar surface area (TPSA) is 160 Å². The van der Waals surface area contributed by atoms with Crippen LogP contribution in [0.3, 0.4) is 0 Å². The van der Waals surface area contributed by atoms with Crippen molar-refractivity contribution in [3.8, 4) is 0 Å². The van der Waals surface area contributed by atoms with Crippen LogP contribution < -0.4 is 0 Å². The maximum Gasteiger partial charge on any atom is 0.187 e. The van der Waals surface area contributed by atoms with E-state index in [1.165, 1.54) is 0 Å². The summed E-state index contributed by atoms with van der Waals surface area (Å²) in [6, 6.07) is 0. The Morgan fingerprint density at radius 1 is 1.12 bits per heavy atom. The molecule has 9 nitrogen and oxygen atoms in total. The lowest BCUT2D eigenvalue weighted by molar-refractivity contribution is -0.331. The highest BCUT2D eigenvalue weighted by atomic mass is 16.7. The fraction of sp³-hybridized carbons (Fsp3) is 0.875. The van der Waals surface area contributed by atoms with Crippen LogP contribution in [0.2, 0.25) is 0 Å². The number of hydrogen-bond donors (Lipinski definition) is 7. The van der Waals surface area contributed by atoms with E-state index in [9.17, 15) is 30.6 Å². The molecule has 1 heterocycles. The predicted octanol–water partition coefficient (Wildman–Crippen LogP) is -2.37. The van der Waals surface area contributed by atoms with Crippen molar-refractivity contribution in [2.45, 2.75) is 75.2 Å². The van der Waals surface area contributed by atoms with Gasteiger partial charge < -0.3 is 45.2 Å². The van der Waals surface area contributed by atoms with Gasteiger partial charge >= 0.3 is 0 Å². The molecule has 7 N–H and O–H groups in total. The standard InChI is InChI=1S/C16H30O9/c1-8(9(19)6-17)4-5-11(20)16(2,3)25-15-14(23)13(22)12(21)10(7-18)24-15/h9-15,17-23H,1,4-7H2,2-3H3/t9-,10+,11+,12+,13-,14+,15-/m0/s1. The van der Waals surface area contributed by atoms with E-state index in [0.717, 1.165) is 0 Å². The molecule has 0 radical (unpaired) electrons. The molecule has 0 aliphatic carbocycles. The molecule has 0 bridgehead atoms. The third-order valence-electron chi connectivity index (χ3n) is 4.45. The molecule has 1 saturated heterocycles. The van der Waals surface area contributed by atoms with Crippen LogP contribution >= 0.6 is 0 Å². The van der Waals surface area contributed by atoms with Crippen LogP contribution in [-0.2, 0) is 9.47 Å². The molecule has 1 aliphatic heterocycles. The van der Waals surface area contributed by atoms with Gasteiger partial charge in [0.25, 0.3) is 0 Å². The third kappa shape index (κ3) is 5.68. The first kappa shape index (κ1) is 22.4. The van der Waals surface area contributed by atoms with Crippen molar-refractivity contribution >= 4 is 0 Å². The summed E-state index contributed by atoms with van der Waals surface area (Å²) in [4.78, 5) is 0. The maximum absolute atomic E-state index is 10.3. The number of aliphatic hydroxyl groups is 7. The summed E-state index contributed by atoms with van der Waals surface area (Å²) < 4.78 is 10.8. The molecule has 7 atom stereocenters. The molecular weight excluding hydrogens is 336 g/mol. The van der Waals surface area contributed by atoms with Gasteiger partial charge in [-0.2, -0.15) is 0 Å². The first-order chi connectivity index (χ1) is 11.5. The lowest BCUT2D eigenvalue weighted by Crippen LogP contribution is -2.61. The fourth-order valence-corrected chi connectivity index (χ4v) is 2.51. The molecule has 0 aromatic heterocycles. The zero-order chi connectivity index (χ0) is 19.4. The summed E-state index contributed by atoms with van der Waals surface area (Å²) in [5.74, 6) is 0. The second-order valence-corrected chi connectivity index (χ2v) is 6.83. The predicted molar refractivity (Wildman–Crippen MR) is 86.4 cm³/mol. The van der Waals surface area contributed by atoms with E-state index >= 15 is 0 Å². The highest BCUT2D eigenvalue weighted by Crippen LogP contribution is 2.29. The van der Waals surface area contributed by atoms with Crippen molar-refractivity contribution in [3.05, 3.63) is 12.2 Å². The molecule has 0 spiro atoms. The minimum atomic E-state index is -1.57. The molecule has 9 heteroatoms. The summed E-state index contributed by atoms with van der Waals surface area (Å²) >= 11 is 0. The second-order valence-electron chi connectivity index (χ2n) is 6.83. The minimum Gasteiger partial charge on any atom is -0.394 e. The number of hydrogen-bond acceptors (Lipinski definition) is 9. The van der Waals surface area contributed by atoms with E-state index in [0.29, 0.717) is 5.57 Å². The molecule has 1 fully saturated rings. The van der Waals surface area contributed by atoms with E-state index in [4.69, 9.17) is 14.6 Å². The quantitative estimate of drug-likeness (QED) is 0.221. The van der Waals surface area contributed by atoms with Crippen LogP contribution in [0, 0.1) is 0 Å². The SMILES string of the molecule is C=C(CC[C@@H](O)C(C)(C)O[C@@H]1O[C@H](CO)[C@@H](O)[C@H](O)[C@H]1O)[C@@H](O)CO. The summed E-state index contributed by atoms with van der Waals surface area (Å²) in [5.41, 5.74) is -0.844. The van der Waals surface area contributed by atoms with Crippen molar-refractivity contribution < 1.29 is 45.2 Å². The monoisotopic (exact) mass is 366 g/mol. The maximum atomic E-state index is 10.3. The molecule has 0 aromatic carbocycles. The fourth-order valence-electron chi connectivity index (χ4n) is 2.51. The number of ether oxygens (including phenoxy) is 2. The Morgan fingerprint density at radius 2 is 1.72 bits per heavy atom. The highest BCUT2D eigenvalue weighted by Gasteiger charge is 2.46. The van der Waals surface area contributed by atoms with Gasteiger partial charge in [0.05, 0.1) is 31.0 Å². The van der Waals surface area contributed by atoms with E-state index in [2.05, 4.69) is 6.58 Å². The van der Waals surface area contributed by atoms with E-state index in [1.807, 2.05) is 0 Å². The van der Waals surface area contributed by atoms with Crippen LogP contribution in [0.1, 0.15) is 26.7 Å². The van der Waals surface area contributed by atoms with E-state index in [-0.39, 0.29) is 12.8 Å². The van der Waals surface area contributed by atoms with Crippen molar-refractivity contribution in [2.24, 2.45) is 0 Å². The Morgan fingerprint density at radius 3 is 2.24 bits per heavy atom. The largest absolute Gasteiger partial charge is 0.394 e. The Bertz CT molecular complexity index is 426. The summed E-state index contributed by atoms with van der Waals surface area (Å²) in [6.07, 6.45) is -8.77. The molecule has 25 heavy (non-hydrogen) atoms. The van der Waals surface area contributed by atoms with Gasteiger partial charge in [0.15, 0.2) is 6.29 Å². The Kier molecular flexibility index (Phi) is 8.39. The third-order valence-corrected chi connectivity index (χ3v) is 4.45. The average Bonchev–Trinajstić information content (AvgIpc) is 2.58. The van der Waals surface area contributed by atoms with Gasteiger partial charge in [-0.25, -0.2) is 0 Å². The summed E-state index contributed by atoms with van der Waals surface area (Å²) in [7, 11) is 0. The molecule has 0 unspecified atom stereocenters. The van der Waals surface area contributed by atoms with Gasteiger partial charge in [-0.3, -0.25) is 0 Å². The number of aliphatic hydroxyl groups excluding tert-OH is 7. The van der Waals surface area contributed by atoms with Crippen LogP contribution in [0.15, 0.2) is 12.2 Å². The van der Waals surface area contributed by atoms with E-state index < -0.39 is 61.7 Å². The van der Waals surface area contributed by atoms with Crippen LogP contribution in [-0.4, -0.2) is 97.5 Å². The number of rotatable bonds is 9. The Balaban J connectivity index is 2.67. The Hall–Kier alpha value is -0.620. The van der Waals surface area contributed by atoms with Gasteiger partial charge in [-0.05, 0) is 32.3 Å². The zero-order valence-corrected chi connectivity index (χ0v) is 14.5. The van der Waals surface area contributed by atoms with Gasteiger partial charge in [0.2, 0.25) is 0 Å². The van der Waals surface area contributed by atoms with Crippen molar-refractivity contribution in [1.29, 1.82) is 0 Å². The van der Waals surface area contributed by atoms with Crippen molar-refractivity contribution in [1.82, 2.24) is 0 Å².